The lowest BCUT2D eigenvalue weighted by Crippen LogP contribution is -2.34. The molecule has 30 heavy (non-hydrogen) atoms. The quantitative estimate of drug-likeness (QED) is 0.753. The number of fused-ring (bicyclic) bond motifs is 1. The predicted molar refractivity (Wildman–Crippen MR) is 118 cm³/mol. The van der Waals surface area contributed by atoms with Gasteiger partial charge in [-0.2, -0.15) is 0 Å². The van der Waals surface area contributed by atoms with Gasteiger partial charge >= 0.3 is 0 Å². The lowest BCUT2D eigenvalue weighted by atomic mass is 9.90. The number of nitrogens with two attached hydrogens (primary N) is 1. The van der Waals surface area contributed by atoms with E-state index in [0.717, 1.165) is 75.2 Å². The van der Waals surface area contributed by atoms with Crippen LogP contribution < -0.4 is 10.6 Å². The first kappa shape index (κ1) is 20.3. The number of benzene rings is 1. The van der Waals surface area contributed by atoms with Crippen LogP contribution in [0.3, 0.4) is 0 Å². The van der Waals surface area contributed by atoms with E-state index >= 15 is 0 Å². The highest BCUT2D eigenvalue weighted by molar-refractivity contribution is 6.04. The Hall–Kier alpha value is -2.96. The number of H-pyrrole nitrogens is 1. The molecule has 1 amide bonds. The molecule has 0 bridgehead atoms. The summed E-state index contributed by atoms with van der Waals surface area (Å²) in [5, 5.41) is 0. The van der Waals surface area contributed by atoms with Gasteiger partial charge in [-0.25, -0.2) is 9.37 Å². The summed E-state index contributed by atoms with van der Waals surface area (Å²) in [6.07, 6.45) is 11.8. The first-order valence-electron chi connectivity index (χ1n) is 10.7. The number of aliphatic imine (C=N–C) groups is 1. The number of rotatable bonds is 5. The number of halogens is 1. The molecule has 6 nitrogen and oxygen atoms in total. The van der Waals surface area contributed by atoms with Crippen LogP contribution in [0.5, 0.6) is 0 Å². The third-order valence-electron chi connectivity index (χ3n) is 6.00. The average molecular weight is 410 g/mol. The molecule has 3 N–H and O–H groups in total. The van der Waals surface area contributed by atoms with Crippen molar-refractivity contribution in [1.29, 1.82) is 0 Å². The highest BCUT2D eigenvalue weighted by Crippen LogP contribution is 2.27. The van der Waals surface area contributed by atoms with Gasteiger partial charge in [-0.3, -0.25) is 9.79 Å². The van der Waals surface area contributed by atoms with E-state index in [0.29, 0.717) is 17.0 Å². The van der Waals surface area contributed by atoms with Crippen LogP contribution in [0, 0.1) is 5.92 Å². The number of imidazole rings is 1. The zero-order chi connectivity index (χ0) is 20.9. The van der Waals surface area contributed by atoms with Gasteiger partial charge in [0.2, 0.25) is 5.95 Å². The number of primary amides is 1. The zero-order valence-electron chi connectivity index (χ0n) is 17.1. The van der Waals surface area contributed by atoms with E-state index in [-0.39, 0.29) is 5.83 Å². The number of hydrogen-bond acceptors (Lipinski definition) is 4. The van der Waals surface area contributed by atoms with Gasteiger partial charge in [-0.05, 0) is 69.1 Å². The van der Waals surface area contributed by atoms with E-state index in [1.54, 1.807) is 6.07 Å². The van der Waals surface area contributed by atoms with Crippen LogP contribution >= 0.6 is 0 Å². The van der Waals surface area contributed by atoms with Crippen molar-refractivity contribution in [2.24, 2.45) is 16.6 Å². The molecule has 1 fully saturated rings. The van der Waals surface area contributed by atoms with Gasteiger partial charge < -0.3 is 15.6 Å². The van der Waals surface area contributed by atoms with E-state index in [9.17, 15) is 9.18 Å². The maximum Gasteiger partial charge on any atom is 0.250 e. The summed E-state index contributed by atoms with van der Waals surface area (Å²) in [5.41, 5.74) is 8.49. The fraction of sp³-hybridized carbons (Fsp3) is 0.435. The van der Waals surface area contributed by atoms with Crippen molar-refractivity contribution in [3.8, 4) is 0 Å². The molecule has 4 rings (SSSR count). The number of para-hydroxylation sites is 1. The van der Waals surface area contributed by atoms with Crippen LogP contribution in [0.2, 0.25) is 0 Å². The summed E-state index contributed by atoms with van der Waals surface area (Å²) >= 11 is 0. The molecular formula is C23H28FN5O. The summed E-state index contributed by atoms with van der Waals surface area (Å²) in [6.45, 7) is 1.84. The van der Waals surface area contributed by atoms with E-state index < -0.39 is 5.91 Å². The summed E-state index contributed by atoms with van der Waals surface area (Å²) in [4.78, 5) is 26.2. The lowest BCUT2D eigenvalue weighted by Gasteiger charge is -2.31. The van der Waals surface area contributed by atoms with Gasteiger partial charge in [-0.1, -0.05) is 12.1 Å². The fourth-order valence-corrected chi connectivity index (χ4v) is 4.24. The summed E-state index contributed by atoms with van der Waals surface area (Å²) in [7, 11) is 0. The van der Waals surface area contributed by atoms with Crippen molar-refractivity contribution in [3.05, 3.63) is 47.9 Å². The molecule has 0 radical (unpaired) electrons. The number of amides is 1. The smallest absolute Gasteiger partial charge is 0.250 e. The minimum absolute atomic E-state index is 0.270. The monoisotopic (exact) mass is 409 g/mol. The van der Waals surface area contributed by atoms with Crippen LogP contribution in [-0.2, 0) is 0 Å². The number of piperidine rings is 1. The van der Waals surface area contributed by atoms with E-state index in [2.05, 4.69) is 19.9 Å². The molecule has 0 aliphatic carbocycles. The number of aromatic nitrogens is 2. The van der Waals surface area contributed by atoms with Crippen LogP contribution in [0.25, 0.3) is 11.0 Å². The SMILES string of the molecule is NC(=O)c1cccc2[nH]c(N3CCC(CCC4=N/C=C(/F)C=CCCC4)CC3)nc12. The van der Waals surface area contributed by atoms with Crippen molar-refractivity contribution in [3.63, 3.8) is 0 Å². The first-order chi connectivity index (χ1) is 14.6. The van der Waals surface area contributed by atoms with Crippen molar-refractivity contribution >= 4 is 28.6 Å². The number of nitrogens with one attached hydrogen (secondary N) is 1. The molecular weight excluding hydrogens is 381 g/mol. The number of allylic oxidation sites excluding steroid dienone is 3. The Morgan fingerprint density at radius 2 is 2.13 bits per heavy atom. The van der Waals surface area contributed by atoms with Crippen LogP contribution in [0.15, 0.2) is 47.4 Å². The Balaban J connectivity index is 1.34. The molecule has 3 heterocycles. The molecule has 158 valence electrons. The number of carbonyl (C=O) groups excluding carboxylic acids is 1. The standard InChI is InChI=1S/C23H28FN5O/c24-17-5-2-1-3-6-18(26-15-17)10-9-16-11-13-29(14-12-16)23-27-20-8-4-7-19(22(25)30)21(20)28-23/h2,4-5,7-8,15-16H,1,3,6,9-14H2,(H2,25,30)(H,27,28)/b5-2?,17-15+,26-18?. The van der Waals surface area contributed by atoms with Crippen molar-refractivity contribution in [1.82, 2.24) is 9.97 Å². The maximum atomic E-state index is 13.6. The second-order valence-corrected chi connectivity index (χ2v) is 8.10. The molecule has 1 saturated heterocycles. The van der Waals surface area contributed by atoms with Crippen LogP contribution in [-0.4, -0.2) is 34.7 Å². The number of anilines is 1. The van der Waals surface area contributed by atoms with E-state index in [1.807, 2.05) is 18.2 Å². The summed E-state index contributed by atoms with van der Waals surface area (Å²) in [5.74, 6) is 0.698. The summed E-state index contributed by atoms with van der Waals surface area (Å²) < 4.78 is 13.6. The third-order valence-corrected chi connectivity index (χ3v) is 6.00. The molecule has 0 spiro atoms. The minimum Gasteiger partial charge on any atom is -0.366 e. The van der Waals surface area contributed by atoms with Gasteiger partial charge in [0.25, 0.3) is 5.91 Å². The van der Waals surface area contributed by atoms with Crippen LogP contribution in [0.4, 0.5) is 10.3 Å². The van der Waals surface area contributed by atoms with E-state index in [1.165, 1.54) is 12.3 Å². The van der Waals surface area contributed by atoms with Gasteiger partial charge in [0.1, 0.15) is 11.3 Å². The fourth-order valence-electron chi connectivity index (χ4n) is 4.24. The van der Waals surface area contributed by atoms with E-state index in [4.69, 9.17) is 5.73 Å². The van der Waals surface area contributed by atoms with Crippen molar-refractivity contribution in [2.75, 3.05) is 18.0 Å². The molecule has 0 unspecified atom stereocenters. The number of aromatic amines is 1. The van der Waals surface area contributed by atoms with Crippen molar-refractivity contribution in [2.45, 2.75) is 44.9 Å². The number of carbonyl (C=O) groups is 1. The predicted octanol–water partition coefficient (Wildman–Crippen LogP) is 4.65. The highest BCUT2D eigenvalue weighted by atomic mass is 19.1. The third kappa shape index (κ3) is 4.78. The number of nitrogens with zero attached hydrogens (tertiary/aromatic N) is 3. The molecule has 2 aliphatic heterocycles. The maximum absolute atomic E-state index is 13.6. The van der Waals surface area contributed by atoms with Crippen LogP contribution in [0.1, 0.15) is 55.3 Å². The molecule has 0 saturated carbocycles. The molecule has 2 aromatic rings. The second-order valence-electron chi connectivity index (χ2n) is 8.10. The largest absolute Gasteiger partial charge is 0.366 e. The van der Waals surface area contributed by atoms with Crippen molar-refractivity contribution < 1.29 is 9.18 Å². The van der Waals surface area contributed by atoms with Gasteiger partial charge in [-0.15, -0.1) is 0 Å². The Morgan fingerprint density at radius 3 is 2.93 bits per heavy atom. The topological polar surface area (TPSA) is 87.4 Å². The molecule has 2 aliphatic rings. The number of hydrogen-bond donors (Lipinski definition) is 2. The first-order valence-corrected chi connectivity index (χ1v) is 10.7. The minimum atomic E-state index is -0.462. The normalized spacial score (nSPS) is 20.2. The zero-order valence-corrected chi connectivity index (χ0v) is 17.1. The van der Waals surface area contributed by atoms with Gasteiger partial charge in [0, 0.05) is 18.8 Å². The van der Waals surface area contributed by atoms with Gasteiger partial charge in [0.15, 0.2) is 0 Å². The summed E-state index contributed by atoms with van der Waals surface area (Å²) in [6, 6.07) is 5.43. The van der Waals surface area contributed by atoms with Gasteiger partial charge in [0.05, 0.1) is 17.3 Å². The Bertz CT molecular complexity index is 998. The lowest BCUT2D eigenvalue weighted by molar-refractivity contribution is 0.100. The molecule has 1 aromatic heterocycles. The Kier molecular flexibility index (Phi) is 6.26. The second kappa shape index (κ2) is 9.24. The average Bonchev–Trinajstić information content (AvgIpc) is 3.22. The Labute approximate surface area is 175 Å². The molecule has 1 aromatic carbocycles. The molecule has 0 atom stereocenters. The highest BCUT2D eigenvalue weighted by Gasteiger charge is 2.22. The molecule has 7 heteroatoms. The Morgan fingerprint density at radius 1 is 1.30 bits per heavy atom.